The summed E-state index contributed by atoms with van der Waals surface area (Å²) in [6.45, 7) is 4.58. The van der Waals surface area contributed by atoms with Crippen LogP contribution in [-0.4, -0.2) is 33.9 Å². The molecular formula is C28H29F3N2O2S. The normalized spacial score (nSPS) is 17.2. The smallest absolute Gasteiger partial charge is 0.348 e. The van der Waals surface area contributed by atoms with Gasteiger partial charge >= 0.3 is 6.18 Å². The molecule has 0 radical (unpaired) electrons. The highest BCUT2D eigenvalue weighted by atomic mass is 32.2. The lowest BCUT2D eigenvalue weighted by Crippen LogP contribution is -2.22. The molecule has 1 heterocycles. The van der Waals surface area contributed by atoms with Gasteiger partial charge in [0, 0.05) is 35.8 Å². The van der Waals surface area contributed by atoms with Gasteiger partial charge in [0.05, 0.1) is 16.4 Å². The number of carbonyl (C=O) groups is 1. The molecule has 1 aliphatic rings. The molecule has 8 heteroatoms. The Labute approximate surface area is 212 Å². The van der Waals surface area contributed by atoms with Gasteiger partial charge in [-0.25, -0.2) is 0 Å². The Morgan fingerprint density at radius 1 is 0.972 bits per heavy atom. The van der Waals surface area contributed by atoms with E-state index in [1.807, 2.05) is 55.5 Å². The highest BCUT2D eigenvalue weighted by Crippen LogP contribution is 2.31. The fourth-order valence-electron chi connectivity index (χ4n) is 4.42. The molecule has 2 atom stereocenters. The monoisotopic (exact) mass is 514 g/mol. The predicted molar refractivity (Wildman–Crippen MR) is 135 cm³/mol. The topological polar surface area (TPSA) is 49.4 Å². The maximum Gasteiger partial charge on any atom is 0.416 e. The first-order valence-electron chi connectivity index (χ1n) is 12.0. The summed E-state index contributed by atoms with van der Waals surface area (Å²) in [5, 5.41) is 2.92. The lowest BCUT2D eigenvalue weighted by molar-refractivity contribution is -0.137. The number of likely N-dealkylation sites (tertiary alicyclic amines) is 1. The Bertz CT molecular complexity index is 1190. The molecule has 0 spiro atoms. The summed E-state index contributed by atoms with van der Waals surface area (Å²) < 4.78 is 50.1. The third-order valence-electron chi connectivity index (χ3n) is 6.51. The molecule has 0 aromatic heterocycles. The van der Waals surface area contributed by atoms with Crippen molar-refractivity contribution >= 4 is 16.7 Å². The van der Waals surface area contributed by atoms with Crippen molar-refractivity contribution in [2.75, 3.05) is 18.8 Å². The van der Waals surface area contributed by atoms with Crippen molar-refractivity contribution in [1.82, 2.24) is 10.2 Å². The second-order valence-corrected chi connectivity index (χ2v) is 10.7. The third-order valence-corrected chi connectivity index (χ3v) is 7.83. The Morgan fingerprint density at radius 2 is 1.61 bits per heavy atom. The molecule has 1 N–H and O–H groups in total. The van der Waals surface area contributed by atoms with Crippen LogP contribution in [0.4, 0.5) is 13.2 Å². The van der Waals surface area contributed by atoms with Gasteiger partial charge in [-0.2, -0.15) is 13.2 Å². The number of hydrogen-bond donors (Lipinski definition) is 1. The number of nitrogens with zero attached hydrogens (tertiary/aromatic N) is 1. The van der Waals surface area contributed by atoms with Crippen LogP contribution < -0.4 is 5.32 Å². The SMILES string of the molecule is CCS(=O)c1ccc(CNC(=O)c2ccc(C3CCN(Cc4ccc(C(F)(F)F)cc4)C3)cc2)cc1. The molecule has 0 bridgehead atoms. The quantitative estimate of drug-likeness (QED) is 0.416. The second-order valence-electron chi connectivity index (χ2n) is 9.00. The maximum absolute atomic E-state index is 12.8. The fraction of sp³-hybridized carbons (Fsp3) is 0.321. The highest BCUT2D eigenvalue weighted by molar-refractivity contribution is 7.85. The Kier molecular flexibility index (Phi) is 8.26. The van der Waals surface area contributed by atoms with Crippen LogP contribution in [0.15, 0.2) is 77.7 Å². The van der Waals surface area contributed by atoms with Crippen LogP contribution in [0.1, 0.15) is 51.9 Å². The van der Waals surface area contributed by atoms with Crippen molar-refractivity contribution in [2.45, 2.75) is 43.4 Å². The summed E-state index contributed by atoms with van der Waals surface area (Å²) in [5.41, 5.74) is 2.92. The van der Waals surface area contributed by atoms with E-state index in [1.54, 1.807) is 12.1 Å². The zero-order chi connectivity index (χ0) is 25.7. The van der Waals surface area contributed by atoms with Crippen molar-refractivity contribution in [1.29, 1.82) is 0 Å². The standard InChI is InChI=1S/C28H29F3N2O2S/c1-2-36(35)26-13-5-20(6-14-26)17-32-27(34)23-9-7-22(8-10-23)24-15-16-33(19-24)18-21-3-11-25(12-4-21)28(29,30)31/h3-14,24H,2,15-19H2,1H3,(H,32,34). The molecule has 4 rings (SSSR count). The van der Waals surface area contributed by atoms with E-state index >= 15 is 0 Å². The number of rotatable bonds is 8. The Morgan fingerprint density at radius 3 is 2.22 bits per heavy atom. The van der Waals surface area contributed by atoms with Gasteiger partial charge in [0.15, 0.2) is 0 Å². The lowest BCUT2D eigenvalue weighted by atomic mass is 9.97. The van der Waals surface area contributed by atoms with E-state index in [0.717, 1.165) is 53.2 Å². The van der Waals surface area contributed by atoms with Gasteiger partial charge in [-0.05, 0) is 72.0 Å². The predicted octanol–water partition coefficient (Wildman–Crippen LogP) is 5.75. The second kappa shape index (κ2) is 11.4. The van der Waals surface area contributed by atoms with Gasteiger partial charge in [-0.15, -0.1) is 0 Å². The summed E-state index contributed by atoms with van der Waals surface area (Å²) in [4.78, 5) is 15.6. The molecule has 1 amide bonds. The Hall–Kier alpha value is -2.97. The third kappa shape index (κ3) is 6.62. The number of alkyl halides is 3. The van der Waals surface area contributed by atoms with E-state index in [9.17, 15) is 22.2 Å². The van der Waals surface area contributed by atoms with Gasteiger partial charge in [-0.3, -0.25) is 13.9 Å². The minimum atomic E-state index is -4.32. The van der Waals surface area contributed by atoms with Crippen molar-refractivity contribution in [3.05, 3.63) is 101 Å². The first-order valence-corrected chi connectivity index (χ1v) is 13.3. The average molecular weight is 515 g/mol. The molecular weight excluding hydrogens is 485 g/mol. The number of carbonyl (C=O) groups excluding carboxylic acids is 1. The van der Waals surface area contributed by atoms with E-state index in [4.69, 9.17) is 0 Å². The van der Waals surface area contributed by atoms with Gasteiger partial charge in [-0.1, -0.05) is 43.3 Å². The molecule has 1 aliphatic heterocycles. The average Bonchev–Trinajstić information content (AvgIpc) is 3.35. The molecule has 4 nitrogen and oxygen atoms in total. The van der Waals surface area contributed by atoms with Gasteiger partial charge in [0.1, 0.15) is 0 Å². The molecule has 2 unspecified atom stereocenters. The van der Waals surface area contributed by atoms with Crippen LogP contribution in [-0.2, 0) is 30.1 Å². The van der Waals surface area contributed by atoms with Gasteiger partial charge in [0.25, 0.3) is 5.91 Å². The molecule has 36 heavy (non-hydrogen) atoms. The number of amides is 1. The minimum absolute atomic E-state index is 0.155. The zero-order valence-corrected chi connectivity index (χ0v) is 20.9. The van der Waals surface area contributed by atoms with Crippen LogP contribution in [0.3, 0.4) is 0 Å². The van der Waals surface area contributed by atoms with Gasteiger partial charge < -0.3 is 5.32 Å². The number of hydrogen-bond acceptors (Lipinski definition) is 3. The Balaban J connectivity index is 1.27. The molecule has 0 saturated carbocycles. The van der Waals surface area contributed by atoms with Crippen molar-refractivity contribution in [3.63, 3.8) is 0 Å². The maximum atomic E-state index is 12.8. The first kappa shape index (κ1) is 26.1. The van der Waals surface area contributed by atoms with Crippen LogP contribution >= 0.6 is 0 Å². The van der Waals surface area contributed by atoms with Crippen LogP contribution in [0.25, 0.3) is 0 Å². The van der Waals surface area contributed by atoms with Gasteiger partial charge in [0.2, 0.25) is 0 Å². The summed E-state index contributed by atoms with van der Waals surface area (Å²) >= 11 is 0. The highest BCUT2D eigenvalue weighted by Gasteiger charge is 2.30. The fourth-order valence-corrected chi connectivity index (χ4v) is 5.20. The molecule has 0 aliphatic carbocycles. The molecule has 3 aromatic rings. The van der Waals surface area contributed by atoms with E-state index < -0.39 is 22.5 Å². The number of nitrogens with one attached hydrogen (secondary N) is 1. The van der Waals surface area contributed by atoms with E-state index in [2.05, 4.69) is 10.2 Å². The van der Waals surface area contributed by atoms with Crippen molar-refractivity contribution < 1.29 is 22.2 Å². The molecule has 1 saturated heterocycles. The van der Waals surface area contributed by atoms with E-state index in [-0.39, 0.29) is 5.91 Å². The molecule has 190 valence electrons. The summed E-state index contributed by atoms with van der Waals surface area (Å²) in [6, 6.07) is 20.4. The zero-order valence-electron chi connectivity index (χ0n) is 20.1. The molecule has 1 fully saturated rings. The number of benzene rings is 3. The van der Waals surface area contributed by atoms with Crippen LogP contribution in [0.5, 0.6) is 0 Å². The number of halogens is 3. The summed E-state index contributed by atoms with van der Waals surface area (Å²) in [6.07, 6.45) is -3.35. The largest absolute Gasteiger partial charge is 0.416 e. The first-order chi connectivity index (χ1) is 17.2. The summed E-state index contributed by atoms with van der Waals surface area (Å²) in [7, 11) is -0.989. The lowest BCUT2D eigenvalue weighted by Gasteiger charge is -2.17. The molecule has 3 aromatic carbocycles. The summed E-state index contributed by atoms with van der Waals surface area (Å²) in [5.74, 6) is 0.742. The van der Waals surface area contributed by atoms with E-state index in [1.165, 1.54) is 0 Å². The van der Waals surface area contributed by atoms with Crippen LogP contribution in [0.2, 0.25) is 0 Å². The van der Waals surface area contributed by atoms with Crippen LogP contribution in [0, 0.1) is 0 Å². The van der Waals surface area contributed by atoms with E-state index in [0.29, 0.717) is 30.3 Å². The minimum Gasteiger partial charge on any atom is -0.348 e. The van der Waals surface area contributed by atoms with Crippen molar-refractivity contribution in [2.24, 2.45) is 0 Å². The van der Waals surface area contributed by atoms with Crippen molar-refractivity contribution in [3.8, 4) is 0 Å².